The molecule has 0 aliphatic rings. The highest BCUT2D eigenvalue weighted by molar-refractivity contribution is 5.27. The molecular weight excluding hydrogens is 210 g/mol. The number of hydrogen-bond acceptors (Lipinski definition) is 3. The molecule has 1 aromatic rings. The van der Waals surface area contributed by atoms with Crippen LogP contribution in [0.25, 0.3) is 0 Å². The first-order chi connectivity index (χ1) is 8.17. The zero-order valence-electron chi connectivity index (χ0n) is 11.6. The Labute approximate surface area is 105 Å². The number of hydrogen-bond donors (Lipinski definition) is 1. The topological polar surface area (TPSA) is 51.8 Å². The lowest BCUT2D eigenvalue weighted by molar-refractivity contribution is 0.656. The molecule has 0 bridgehead atoms. The van der Waals surface area contributed by atoms with Gasteiger partial charge in [0.15, 0.2) is 0 Å². The van der Waals surface area contributed by atoms with Gasteiger partial charge in [-0.15, -0.1) is 0 Å². The van der Waals surface area contributed by atoms with E-state index in [1.807, 2.05) is 0 Å². The van der Waals surface area contributed by atoms with Gasteiger partial charge < -0.3 is 5.73 Å². The van der Waals surface area contributed by atoms with Crippen molar-refractivity contribution in [3.63, 3.8) is 0 Å². The van der Waals surface area contributed by atoms with Crippen LogP contribution in [-0.2, 0) is 19.3 Å². The van der Waals surface area contributed by atoms with Gasteiger partial charge in [0.1, 0.15) is 5.82 Å². The number of nitrogens with zero attached hydrogens (tertiary/aromatic N) is 2. The van der Waals surface area contributed by atoms with Crippen molar-refractivity contribution >= 4 is 0 Å². The SMILES string of the molecule is CCc1nc(C(C)CC)nc(CC)c1CCN. The van der Waals surface area contributed by atoms with Crippen LogP contribution in [0.15, 0.2) is 0 Å². The molecule has 1 rings (SSSR count). The second kappa shape index (κ2) is 6.70. The summed E-state index contributed by atoms with van der Waals surface area (Å²) in [7, 11) is 0. The highest BCUT2D eigenvalue weighted by Crippen LogP contribution is 2.20. The Balaban J connectivity index is 3.23. The van der Waals surface area contributed by atoms with E-state index >= 15 is 0 Å². The second-order valence-corrected chi connectivity index (χ2v) is 4.51. The predicted molar refractivity (Wildman–Crippen MR) is 72.3 cm³/mol. The zero-order valence-corrected chi connectivity index (χ0v) is 11.6. The Bertz CT molecular complexity index is 335. The number of aromatic nitrogens is 2. The molecule has 0 saturated heterocycles. The van der Waals surface area contributed by atoms with Gasteiger partial charge in [-0.2, -0.15) is 0 Å². The van der Waals surface area contributed by atoms with Gasteiger partial charge in [-0.05, 0) is 37.8 Å². The molecule has 1 heterocycles. The Morgan fingerprint density at radius 1 is 1.06 bits per heavy atom. The number of rotatable bonds is 6. The van der Waals surface area contributed by atoms with Crippen molar-refractivity contribution in [2.45, 2.75) is 59.3 Å². The zero-order chi connectivity index (χ0) is 12.8. The maximum Gasteiger partial charge on any atom is 0.131 e. The van der Waals surface area contributed by atoms with Gasteiger partial charge >= 0.3 is 0 Å². The summed E-state index contributed by atoms with van der Waals surface area (Å²) in [5.41, 5.74) is 9.34. The smallest absolute Gasteiger partial charge is 0.131 e. The first-order valence-electron chi connectivity index (χ1n) is 6.76. The van der Waals surface area contributed by atoms with Crippen molar-refractivity contribution in [2.24, 2.45) is 5.73 Å². The van der Waals surface area contributed by atoms with Crippen molar-refractivity contribution in [3.05, 3.63) is 22.8 Å². The fourth-order valence-corrected chi connectivity index (χ4v) is 2.02. The average Bonchev–Trinajstić information content (AvgIpc) is 2.38. The molecule has 1 unspecified atom stereocenters. The first-order valence-corrected chi connectivity index (χ1v) is 6.76. The van der Waals surface area contributed by atoms with E-state index in [2.05, 4.69) is 27.7 Å². The van der Waals surface area contributed by atoms with Crippen LogP contribution in [0.4, 0.5) is 0 Å². The van der Waals surface area contributed by atoms with Crippen molar-refractivity contribution in [2.75, 3.05) is 6.54 Å². The fourth-order valence-electron chi connectivity index (χ4n) is 2.02. The summed E-state index contributed by atoms with van der Waals surface area (Å²) in [5, 5.41) is 0. The van der Waals surface area contributed by atoms with E-state index in [-0.39, 0.29) is 0 Å². The van der Waals surface area contributed by atoms with Gasteiger partial charge in [0, 0.05) is 17.3 Å². The molecule has 0 aromatic carbocycles. The minimum absolute atomic E-state index is 0.442. The van der Waals surface area contributed by atoms with E-state index in [1.54, 1.807) is 0 Å². The van der Waals surface area contributed by atoms with E-state index in [1.165, 1.54) is 17.0 Å². The Kier molecular flexibility index (Phi) is 5.56. The summed E-state index contributed by atoms with van der Waals surface area (Å²) in [6, 6.07) is 0. The summed E-state index contributed by atoms with van der Waals surface area (Å²) in [4.78, 5) is 9.44. The summed E-state index contributed by atoms with van der Waals surface area (Å²) >= 11 is 0. The lowest BCUT2D eigenvalue weighted by Gasteiger charge is -2.15. The first kappa shape index (κ1) is 14.1. The average molecular weight is 235 g/mol. The summed E-state index contributed by atoms with van der Waals surface area (Å²) in [6.07, 6.45) is 3.91. The van der Waals surface area contributed by atoms with Crippen molar-refractivity contribution < 1.29 is 0 Å². The summed E-state index contributed by atoms with van der Waals surface area (Å²) in [5.74, 6) is 1.44. The molecule has 0 saturated carbocycles. The maximum atomic E-state index is 5.68. The normalized spacial score (nSPS) is 12.8. The standard InChI is InChI=1S/C14H25N3/c1-5-10(4)14-16-12(6-2)11(8-9-15)13(7-3)17-14/h10H,5-9,15H2,1-4H3. The molecule has 0 fully saturated rings. The second-order valence-electron chi connectivity index (χ2n) is 4.51. The molecule has 0 spiro atoms. The molecular formula is C14H25N3. The molecule has 96 valence electrons. The van der Waals surface area contributed by atoms with E-state index in [4.69, 9.17) is 15.7 Å². The quantitative estimate of drug-likeness (QED) is 0.824. The van der Waals surface area contributed by atoms with Crippen LogP contribution in [0.3, 0.4) is 0 Å². The lowest BCUT2D eigenvalue weighted by atomic mass is 10.0. The van der Waals surface area contributed by atoms with Gasteiger partial charge in [-0.25, -0.2) is 9.97 Å². The minimum Gasteiger partial charge on any atom is -0.330 e. The van der Waals surface area contributed by atoms with Crippen LogP contribution in [0, 0.1) is 0 Å². The third kappa shape index (κ3) is 3.25. The summed E-state index contributed by atoms with van der Waals surface area (Å²) < 4.78 is 0. The van der Waals surface area contributed by atoms with Crippen LogP contribution in [-0.4, -0.2) is 16.5 Å². The molecule has 0 radical (unpaired) electrons. The highest BCUT2D eigenvalue weighted by atomic mass is 14.9. The van der Waals surface area contributed by atoms with Crippen LogP contribution in [0.2, 0.25) is 0 Å². The molecule has 0 aliphatic carbocycles. The Morgan fingerprint density at radius 3 is 1.94 bits per heavy atom. The Hall–Kier alpha value is -0.960. The van der Waals surface area contributed by atoms with Gasteiger partial charge in [-0.3, -0.25) is 0 Å². The third-order valence-corrected chi connectivity index (χ3v) is 3.31. The molecule has 0 amide bonds. The lowest BCUT2D eigenvalue weighted by Crippen LogP contribution is -2.14. The van der Waals surface area contributed by atoms with Crippen LogP contribution < -0.4 is 5.73 Å². The van der Waals surface area contributed by atoms with Crippen molar-refractivity contribution in [1.82, 2.24) is 9.97 Å². The fraction of sp³-hybridized carbons (Fsp3) is 0.714. The van der Waals surface area contributed by atoms with Crippen LogP contribution >= 0.6 is 0 Å². The molecule has 2 N–H and O–H groups in total. The molecule has 1 aromatic heterocycles. The van der Waals surface area contributed by atoms with Crippen LogP contribution in [0.1, 0.15) is 62.8 Å². The summed E-state index contributed by atoms with van der Waals surface area (Å²) in [6.45, 7) is 9.35. The van der Waals surface area contributed by atoms with Gasteiger partial charge in [0.25, 0.3) is 0 Å². The van der Waals surface area contributed by atoms with Crippen molar-refractivity contribution in [3.8, 4) is 0 Å². The monoisotopic (exact) mass is 235 g/mol. The molecule has 3 heteroatoms. The molecule has 3 nitrogen and oxygen atoms in total. The third-order valence-electron chi connectivity index (χ3n) is 3.31. The Morgan fingerprint density at radius 2 is 1.59 bits per heavy atom. The number of nitrogens with two attached hydrogens (primary N) is 1. The highest BCUT2D eigenvalue weighted by Gasteiger charge is 2.14. The van der Waals surface area contributed by atoms with Gasteiger partial charge in [-0.1, -0.05) is 27.7 Å². The van der Waals surface area contributed by atoms with E-state index in [0.717, 1.165) is 31.5 Å². The van der Waals surface area contributed by atoms with Crippen molar-refractivity contribution in [1.29, 1.82) is 0 Å². The minimum atomic E-state index is 0.442. The number of aryl methyl sites for hydroxylation is 2. The maximum absolute atomic E-state index is 5.68. The van der Waals surface area contributed by atoms with E-state index in [0.29, 0.717) is 12.5 Å². The van der Waals surface area contributed by atoms with Crippen LogP contribution in [0.5, 0.6) is 0 Å². The predicted octanol–water partition coefficient (Wildman–Crippen LogP) is 2.62. The van der Waals surface area contributed by atoms with Gasteiger partial charge in [0.05, 0.1) is 0 Å². The molecule has 0 aliphatic heterocycles. The van der Waals surface area contributed by atoms with Gasteiger partial charge in [0.2, 0.25) is 0 Å². The van der Waals surface area contributed by atoms with E-state index < -0.39 is 0 Å². The largest absolute Gasteiger partial charge is 0.330 e. The van der Waals surface area contributed by atoms with E-state index in [9.17, 15) is 0 Å². The molecule has 1 atom stereocenters. The molecule has 17 heavy (non-hydrogen) atoms.